The molecule has 28 heavy (non-hydrogen) atoms. The zero-order valence-corrected chi connectivity index (χ0v) is 15.1. The van der Waals surface area contributed by atoms with Crippen molar-refractivity contribution in [2.75, 3.05) is 26.2 Å². The highest BCUT2D eigenvalue weighted by molar-refractivity contribution is 6.46. The van der Waals surface area contributed by atoms with Gasteiger partial charge >= 0.3 is 0 Å². The van der Waals surface area contributed by atoms with Gasteiger partial charge in [0.25, 0.3) is 11.7 Å². The predicted octanol–water partition coefficient (Wildman–Crippen LogP) is 1.83. The molecule has 1 atom stereocenters. The van der Waals surface area contributed by atoms with Crippen LogP contribution in [0.25, 0.3) is 5.76 Å². The van der Waals surface area contributed by atoms with Crippen LogP contribution < -0.4 is 5.32 Å². The zero-order chi connectivity index (χ0) is 20.1. The standard InChI is InChI=1S/C21H21FN2O4/c22-16-8-6-14(7-9-16)18-17(19(26)15-4-2-1-3-5-15)20(27)21(28)24(18)12-10-23-11-13-25/h1-9,18,23,25-26H,10-13H2. The molecule has 0 aliphatic carbocycles. The van der Waals surface area contributed by atoms with Crippen LogP contribution in [-0.4, -0.2) is 53.0 Å². The van der Waals surface area contributed by atoms with Gasteiger partial charge in [0.05, 0.1) is 18.2 Å². The molecule has 3 rings (SSSR count). The van der Waals surface area contributed by atoms with Crippen LogP contribution >= 0.6 is 0 Å². The van der Waals surface area contributed by atoms with Crippen molar-refractivity contribution in [3.05, 3.63) is 77.1 Å². The Bertz CT molecular complexity index is 881. The minimum atomic E-state index is -0.822. The zero-order valence-electron chi connectivity index (χ0n) is 15.1. The predicted molar refractivity (Wildman–Crippen MR) is 102 cm³/mol. The Morgan fingerprint density at radius 1 is 1.04 bits per heavy atom. The van der Waals surface area contributed by atoms with Crippen LogP contribution in [0.15, 0.2) is 60.2 Å². The Kier molecular flexibility index (Phi) is 6.18. The van der Waals surface area contributed by atoms with Crippen molar-refractivity contribution in [2.24, 2.45) is 0 Å². The summed E-state index contributed by atoms with van der Waals surface area (Å²) in [6.07, 6.45) is 0. The third-order valence-corrected chi connectivity index (χ3v) is 4.59. The second kappa shape index (κ2) is 8.77. The summed E-state index contributed by atoms with van der Waals surface area (Å²) < 4.78 is 13.4. The fraction of sp³-hybridized carbons (Fsp3) is 0.238. The molecule has 0 radical (unpaired) electrons. The van der Waals surface area contributed by atoms with Gasteiger partial charge in [-0.3, -0.25) is 9.59 Å². The third kappa shape index (κ3) is 3.95. The van der Waals surface area contributed by atoms with Crippen molar-refractivity contribution >= 4 is 17.4 Å². The number of carbonyl (C=O) groups is 2. The number of hydrogen-bond acceptors (Lipinski definition) is 5. The van der Waals surface area contributed by atoms with Crippen molar-refractivity contribution in [3.8, 4) is 0 Å². The monoisotopic (exact) mass is 384 g/mol. The number of nitrogens with zero attached hydrogens (tertiary/aromatic N) is 1. The molecular formula is C21H21FN2O4. The van der Waals surface area contributed by atoms with E-state index in [1.165, 1.54) is 29.2 Å². The molecule has 1 aliphatic rings. The van der Waals surface area contributed by atoms with Crippen LogP contribution in [0.2, 0.25) is 0 Å². The average molecular weight is 384 g/mol. The van der Waals surface area contributed by atoms with Crippen LogP contribution in [0, 0.1) is 5.82 Å². The van der Waals surface area contributed by atoms with Gasteiger partial charge in [0.2, 0.25) is 0 Å². The minimum Gasteiger partial charge on any atom is -0.507 e. The molecule has 2 aromatic carbocycles. The van der Waals surface area contributed by atoms with Crippen LogP contribution in [0.5, 0.6) is 0 Å². The Labute approximate surface area is 161 Å². The van der Waals surface area contributed by atoms with E-state index in [2.05, 4.69) is 5.32 Å². The number of Topliss-reactive ketones (excluding diaryl/α,β-unsaturated/α-hetero) is 1. The summed E-state index contributed by atoms with van der Waals surface area (Å²) in [5, 5.41) is 22.6. The van der Waals surface area contributed by atoms with Crippen molar-refractivity contribution in [1.29, 1.82) is 0 Å². The van der Waals surface area contributed by atoms with E-state index >= 15 is 0 Å². The molecule has 0 bridgehead atoms. The molecular weight excluding hydrogens is 363 g/mol. The molecule has 1 aliphatic heterocycles. The number of halogens is 1. The summed E-state index contributed by atoms with van der Waals surface area (Å²) in [6, 6.07) is 13.2. The number of hydrogen-bond donors (Lipinski definition) is 3. The Hall–Kier alpha value is -3.03. The topological polar surface area (TPSA) is 89.9 Å². The van der Waals surface area contributed by atoms with Gasteiger partial charge in [-0.2, -0.15) is 0 Å². The number of amides is 1. The van der Waals surface area contributed by atoms with Gasteiger partial charge < -0.3 is 20.4 Å². The first-order valence-electron chi connectivity index (χ1n) is 8.95. The molecule has 1 amide bonds. The molecule has 1 saturated heterocycles. The lowest BCUT2D eigenvalue weighted by atomic mass is 9.95. The number of nitrogens with one attached hydrogen (secondary N) is 1. The van der Waals surface area contributed by atoms with E-state index in [1.54, 1.807) is 30.3 Å². The molecule has 2 aromatic rings. The molecule has 0 aromatic heterocycles. The molecule has 3 N–H and O–H groups in total. The summed E-state index contributed by atoms with van der Waals surface area (Å²) in [5.74, 6) is -2.21. The second-order valence-corrected chi connectivity index (χ2v) is 6.38. The highest BCUT2D eigenvalue weighted by atomic mass is 19.1. The summed E-state index contributed by atoms with van der Waals surface area (Å²) in [7, 11) is 0. The molecule has 1 fully saturated rings. The highest BCUT2D eigenvalue weighted by Crippen LogP contribution is 2.39. The maximum atomic E-state index is 13.4. The SMILES string of the molecule is O=C1C(=O)N(CCNCCO)C(c2ccc(F)cc2)C1=C(O)c1ccccc1. The highest BCUT2D eigenvalue weighted by Gasteiger charge is 2.45. The van der Waals surface area contributed by atoms with Crippen LogP contribution in [0.1, 0.15) is 17.2 Å². The first-order chi connectivity index (χ1) is 13.5. The Balaban J connectivity index is 2.04. The molecule has 7 heteroatoms. The van der Waals surface area contributed by atoms with Gasteiger partial charge in [-0.1, -0.05) is 42.5 Å². The van der Waals surface area contributed by atoms with Crippen LogP contribution in [-0.2, 0) is 9.59 Å². The van der Waals surface area contributed by atoms with E-state index in [9.17, 15) is 19.1 Å². The van der Waals surface area contributed by atoms with Gasteiger partial charge in [-0.25, -0.2) is 4.39 Å². The molecule has 1 heterocycles. The lowest BCUT2D eigenvalue weighted by molar-refractivity contribution is -0.139. The quantitative estimate of drug-likeness (QED) is 0.293. The number of carbonyl (C=O) groups excluding carboxylic acids is 2. The van der Waals surface area contributed by atoms with Crippen molar-refractivity contribution in [2.45, 2.75) is 6.04 Å². The van der Waals surface area contributed by atoms with E-state index in [4.69, 9.17) is 5.11 Å². The van der Waals surface area contributed by atoms with E-state index in [0.717, 1.165) is 0 Å². The number of ketones is 1. The largest absolute Gasteiger partial charge is 0.507 e. The number of aliphatic hydroxyl groups excluding tert-OH is 2. The van der Waals surface area contributed by atoms with E-state index in [-0.39, 0.29) is 24.5 Å². The van der Waals surface area contributed by atoms with Crippen LogP contribution in [0.4, 0.5) is 4.39 Å². The van der Waals surface area contributed by atoms with Gasteiger partial charge in [0.15, 0.2) is 0 Å². The first-order valence-corrected chi connectivity index (χ1v) is 8.95. The maximum absolute atomic E-state index is 13.4. The summed E-state index contributed by atoms with van der Waals surface area (Å²) in [6.45, 7) is 0.859. The van der Waals surface area contributed by atoms with Crippen molar-refractivity contribution in [3.63, 3.8) is 0 Å². The molecule has 146 valence electrons. The maximum Gasteiger partial charge on any atom is 0.295 e. The lowest BCUT2D eigenvalue weighted by Crippen LogP contribution is -2.36. The van der Waals surface area contributed by atoms with Gasteiger partial charge in [0.1, 0.15) is 11.6 Å². The number of rotatable bonds is 7. The summed E-state index contributed by atoms with van der Waals surface area (Å²) >= 11 is 0. The Morgan fingerprint density at radius 3 is 2.36 bits per heavy atom. The number of aliphatic hydroxyl groups is 2. The van der Waals surface area contributed by atoms with Crippen molar-refractivity contribution < 1.29 is 24.2 Å². The normalized spacial score (nSPS) is 18.6. The first kappa shape index (κ1) is 19.7. The molecule has 1 unspecified atom stereocenters. The fourth-order valence-electron chi connectivity index (χ4n) is 3.26. The minimum absolute atomic E-state index is 0.0232. The summed E-state index contributed by atoms with van der Waals surface area (Å²) in [4.78, 5) is 26.7. The van der Waals surface area contributed by atoms with Gasteiger partial charge in [-0.05, 0) is 17.7 Å². The van der Waals surface area contributed by atoms with Crippen LogP contribution in [0.3, 0.4) is 0 Å². The summed E-state index contributed by atoms with van der Waals surface area (Å²) in [5.41, 5.74) is 0.927. The van der Waals surface area contributed by atoms with E-state index in [0.29, 0.717) is 24.2 Å². The number of benzene rings is 2. The molecule has 6 nitrogen and oxygen atoms in total. The molecule has 0 spiro atoms. The van der Waals surface area contributed by atoms with Crippen molar-refractivity contribution in [1.82, 2.24) is 10.2 Å². The molecule has 0 saturated carbocycles. The third-order valence-electron chi connectivity index (χ3n) is 4.59. The Morgan fingerprint density at radius 2 is 1.71 bits per heavy atom. The van der Waals surface area contributed by atoms with E-state index in [1.807, 2.05) is 0 Å². The second-order valence-electron chi connectivity index (χ2n) is 6.38. The average Bonchev–Trinajstić information content (AvgIpc) is 2.97. The lowest BCUT2D eigenvalue weighted by Gasteiger charge is -2.25. The van der Waals surface area contributed by atoms with E-state index < -0.39 is 23.5 Å². The van der Waals surface area contributed by atoms with Gasteiger partial charge in [-0.15, -0.1) is 0 Å². The smallest absolute Gasteiger partial charge is 0.295 e. The number of likely N-dealkylation sites (tertiary alicyclic amines) is 1. The van der Waals surface area contributed by atoms with Gasteiger partial charge in [0, 0.05) is 25.2 Å². The fourth-order valence-corrected chi connectivity index (χ4v) is 3.26.